The number of aryl methyl sites for hydroxylation is 1. The summed E-state index contributed by atoms with van der Waals surface area (Å²) in [4.78, 5) is 22.1. The molecule has 14 heavy (non-hydrogen) atoms. The second kappa shape index (κ2) is 4.40. The van der Waals surface area contributed by atoms with E-state index in [9.17, 15) is 9.59 Å². The Labute approximate surface area is 80.6 Å². The van der Waals surface area contributed by atoms with Crippen LogP contribution in [0, 0.1) is 6.92 Å². The number of anilines is 1. The third kappa shape index (κ3) is 2.58. The maximum Gasteiger partial charge on any atom is 0.314 e. The van der Waals surface area contributed by atoms with E-state index in [1.807, 2.05) is 0 Å². The van der Waals surface area contributed by atoms with Crippen LogP contribution in [-0.2, 0) is 9.59 Å². The summed E-state index contributed by atoms with van der Waals surface area (Å²) in [6.45, 7) is 3.82. The Balaban J connectivity index is 2.53. The lowest BCUT2D eigenvalue weighted by Gasteiger charge is -2.00. The van der Waals surface area contributed by atoms with Gasteiger partial charge in [0.15, 0.2) is 5.82 Å². The van der Waals surface area contributed by atoms with E-state index >= 15 is 0 Å². The number of hydrogen-bond donors (Lipinski definition) is 2. The van der Waals surface area contributed by atoms with Crippen molar-refractivity contribution in [1.82, 2.24) is 10.5 Å². The zero-order valence-corrected chi connectivity index (χ0v) is 7.96. The van der Waals surface area contributed by atoms with Gasteiger partial charge in [-0.3, -0.25) is 14.9 Å². The van der Waals surface area contributed by atoms with Gasteiger partial charge in [-0.05, 0) is 13.8 Å². The highest BCUT2D eigenvalue weighted by molar-refractivity contribution is 6.39. The summed E-state index contributed by atoms with van der Waals surface area (Å²) in [5.74, 6) is -0.636. The number of aromatic nitrogens is 1. The van der Waals surface area contributed by atoms with Crippen molar-refractivity contribution in [2.45, 2.75) is 13.8 Å². The molecule has 0 unspecified atom stereocenters. The maximum atomic E-state index is 11.1. The van der Waals surface area contributed by atoms with Gasteiger partial charge in [-0.2, -0.15) is 0 Å². The highest BCUT2D eigenvalue weighted by atomic mass is 16.5. The molecular weight excluding hydrogens is 186 g/mol. The van der Waals surface area contributed by atoms with Crippen molar-refractivity contribution in [1.29, 1.82) is 0 Å². The summed E-state index contributed by atoms with van der Waals surface area (Å²) in [5.41, 5.74) is 0. The van der Waals surface area contributed by atoms with Crippen molar-refractivity contribution < 1.29 is 14.1 Å². The number of nitrogens with one attached hydrogen (secondary N) is 2. The molecule has 0 radical (unpaired) electrons. The second-order valence-corrected chi connectivity index (χ2v) is 2.64. The number of hydrogen-bond acceptors (Lipinski definition) is 4. The van der Waals surface area contributed by atoms with Crippen LogP contribution in [0.4, 0.5) is 5.82 Å². The summed E-state index contributed by atoms with van der Waals surface area (Å²) in [7, 11) is 0. The predicted octanol–water partition coefficient (Wildman–Crippen LogP) is 0.0576. The van der Waals surface area contributed by atoms with Gasteiger partial charge < -0.3 is 9.84 Å². The van der Waals surface area contributed by atoms with E-state index in [2.05, 4.69) is 15.8 Å². The average Bonchev–Trinajstić information content (AvgIpc) is 2.51. The molecule has 6 heteroatoms. The molecule has 0 aliphatic carbocycles. The number of likely N-dealkylation sites (N-methyl/N-ethyl adjacent to an activating group) is 1. The molecule has 76 valence electrons. The molecule has 6 nitrogen and oxygen atoms in total. The fourth-order valence-corrected chi connectivity index (χ4v) is 0.839. The Morgan fingerprint density at radius 2 is 2.21 bits per heavy atom. The third-order valence-electron chi connectivity index (χ3n) is 1.41. The third-order valence-corrected chi connectivity index (χ3v) is 1.41. The van der Waals surface area contributed by atoms with E-state index in [0.717, 1.165) is 0 Å². The SMILES string of the molecule is CCNC(=O)C(=O)Nc1cc(C)on1. The normalized spacial score (nSPS) is 9.57. The first-order chi connectivity index (χ1) is 6.63. The number of carbonyl (C=O) groups is 2. The molecule has 0 aliphatic rings. The molecule has 0 fully saturated rings. The first kappa shape index (κ1) is 10.2. The van der Waals surface area contributed by atoms with Crippen molar-refractivity contribution in [2.24, 2.45) is 0 Å². The Morgan fingerprint density at radius 1 is 1.50 bits per heavy atom. The fourth-order valence-electron chi connectivity index (χ4n) is 0.839. The number of carbonyl (C=O) groups excluding carboxylic acids is 2. The lowest BCUT2D eigenvalue weighted by atomic mass is 10.4. The summed E-state index contributed by atoms with van der Waals surface area (Å²) >= 11 is 0. The van der Waals surface area contributed by atoms with Gasteiger partial charge in [0.1, 0.15) is 5.76 Å². The smallest absolute Gasteiger partial charge is 0.314 e. The van der Waals surface area contributed by atoms with Gasteiger partial charge in [0, 0.05) is 12.6 Å². The molecule has 0 atom stereocenters. The predicted molar refractivity (Wildman–Crippen MR) is 48.6 cm³/mol. The quantitative estimate of drug-likeness (QED) is 0.656. The van der Waals surface area contributed by atoms with Crippen molar-refractivity contribution >= 4 is 17.6 Å². The lowest BCUT2D eigenvalue weighted by molar-refractivity contribution is -0.136. The summed E-state index contributed by atoms with van der Waals surface area (Å²) in [5, 5.41) is 8.17. The first-order valence-electron chi connectivity index (χ1n) is 4.16. The van der Waals surface area contributed by atoms with Crippen LogP contribution < -0.4 is 10.6 Å². The zero-order chi connectivity index (χ0) is 10.6. The van der Waals surface area contributed by atoms with Crippen LogP contribution in [0.1, 0.15) is 12.7 Å². The Morgan fingerprint density at radius 3 is 2.71 bits per heavy atom. The maximum absolute atomic E-state index is 11.1. The molecule has 0 saturated carbocycles. The van der Waals surface area contributed by atoms with E-state index < -0.39 is 11.8 Å². The standard InChI is InChI=1S/C8H11N3O3/c1-3-9-7(12)8(13)10-6-4-5(2)14-11-6/h4H,3H2,1-2H3,(H,9,12)(H,10,11,13). The van der Waals surface area contributed by atoms with Crippen LogP contribution in [0.5, 0.6) is 0 Å². The minimum atomic E-state index is -0.750. The lowest BCUT2D eigenvalue weighted by Crippen LogP contribution is -2.35. The molecule has 1 rings (SSSR count). The Hall–Kier alpha value is -1.85. The molecule has 1 heterocycles. The average molecular weight is 197 g/mol. The highest BCUT2D eigenvalue weighted by Crippen LogP contribution is 2.06. The van der Waals surface area contributed by atoms with Crippen molar-refractivity contribution in [3.8, 4) is 0 Å². The molecule has 2 N–H and O–H groups in total. The zero-order valence-electron chi connectivity index (χ0n) is 7.96. The van der Waals surface area contributed by atoms with Crippen LogP contribution in [-0.4, -0.2) is 23.5 Å². The van der Waals surface area contributed by atoms with E-state index in [1.165, 1.54) is 6.07 Å². The number of amides is 2. The fraction of sp³-hybridized carbons (Fsp3) is 0.375. The monoisotopic (exact) mass is 197 g/mol. The molecular formula is C8H11N3O3. The van der Waals surface area contributed by atoms with Gasteiger partial charge in [0.25, 0.3) is 0 Å². The van der Waals surface area contributed by atoms with E-state index in [1.54, 1.807) is 13.8 Å². The van der Waals surface area contributed by atoms with Crippen molar-refractivity contribution in [3.63, 3.8) is 0 Å². The number of nitrogens with zero attached hydrogens (tertiary/aromatic N) is 1. The van der Waals surface area contributed by atoms with E-state index in [0.29, 0.717) is 12.3 Å². The highest BCUT2D eigenvalue weighted by Gasteiger charge is 2.13. The topological polar surface area (TPSA) is 84.2 Å². The van der Waals surface area contributed by atoms with Gasteiger partial charge in [-0.1, -0.05) is 5.16 Å². The van der Waals surface area contributed by atoms with Gasteiger partial charge in [0.2, 0.25) is 0 Å². The van der Waals surface area contributed by atoms with E-state index in [4.69, 9.17) is 4.52 Å². The second-order valence-electron chi connectivity index (χ2n) is 2.64. The van der Waals surface area contributed by atoms with Gasteiger partial charge >= 0.3 is 11.8 Å². The van der Waals surface area contributed by atoms with Crippen molar-refractivity contribution in [3.05, 3.63) is 11.8 Å². The van der Waals surface area contributed by atoms with Gasteiger partial charge in [-0.25, -0.2) is 0 Å². The molecule has 2 amide bonds. The molecule has 0 spiro atoms. The van der Waals surface area contributed by atoms with Crippen LogP contribution in [0.15, 0.2) is 10.6 Å². The Bertz CT molecular complexity index is 345. The summed E-state index contributed by atoms with van der Waals surface area (Å²) in [6, 6.07) is 1.52. The number of rotatable bonds is 2. The van der Waals surface area contributed by atoms with Crippen LogP contribution >= 0.6 is 0 Å². The first-order valence-corrected chi connectivity index (χ1v) is 4.16. The van der Waals surface area contributed by atoms with Crippen LogP contribution in [0.3, 0.4) is 0 Å². The molecule has 0 saturated heterocycles. The molecule has 0 bridgehead atoms. The molecule has 1 aromatic heterocycles. The van der Waals surface area contributed by atoms with Crippen LogP contribution in [0.2, 0.25) is 0 Å². The van der Waals surface area contributed by atoms with E-state index in [-0.39, 0.29) is 5.82 Å². The summed E-state index contributed by atoms with van der Waals surface area (Å²) in [6.07, 6.45) is 0. The van der Waals surface area contributed by atoms with Gasteiger partial charge in [-0.15, -0.1) is 0 Å². The molecule has 1 aromatic rings. The largest absolute Gasteiger partial charge is 0.360 e. The van der Waals surface area contributed by atoms with Crippen LogP contribution in [0.25, 0.3) is 0 Å². The summed E-state index contributed by atoms with van der Waals surface area (Å²) < 4.78 is 4.71. The van der Waals surface area contributed by atoms with Crippen molar-refractivity contribution in [2.75, 3.05) is 11.9 Å². The molecule has 0 aromatic carbocycles. The Kier molecular flexibility index (Phi) is 3.22. The minimum absolute atomic E-state index is 0.235. The van der Waals surface area contributed by atoms with Gasteiger partial charge in [0.05, 0.1) is 0 Å². The molecule has 0 aliphatic heterocycles. The minimum Gasteiger partial charge on any atom is -0.360 e.